The Morgan fingerprint density at radius 3 is 2.52 bits per heavy atom. The number of likely N-dealkylation sites (tertiary alicyclic amines) is 1. The molecule has 0 radical (unpaired) electrons. The summed E-state index contributed by atoms with van der Waals surface area (Å²) < 4.78 is 5.69. The third kappa shape index (κ3) is 5.81. The molecule has 2 heterocycles. The number of ether oxygens (including phenoxy) is 1. The zero-order valence-corrected chi connectivity index (χ0v) is 17.1. The van der Waals surface area contributed by atoms with Crippen LogP contribution in [0.5, 0.6) is 5.75 Å². The molecule has 1 fully saturated rings. The van der Waals surface area contributed by atoms with Crippen LogP contribution in [-0.2, 0) is 0 Å². The van der Waals surface area contributed by atoms with Crippen molar-refractivity contribution < 1.29 is 9.53 Å². The van der Waals surface area contributed by atoms with Crippen molar-refractivity contribution in [2.45, 2.75) is 39.2 Å². The van der Waals surface area contributed by atoms with E-state index in [4.69, 9.17) is 4.74 Å². The van der Waals surface area contributed by atoms with Crippen LogP contribution in [0.25, 0.3) is 0 Å². The molecule has 4 nitrogen and oxygen atoms in total. The SMILES string of the molecule is CC(C)COc1ccc(C(=O)NCC(c2cccs2)N2CCCCC2)cc1. The van der Waals surface area contributed by atoms with Gasteiger partial charge in [0.25, 0.3) is 5.91 Å². The van der Waals surface area contributed by atoms with Crippen molar-refractivity contribution in [2.75, 3.05) is 26.2 Å². The lowest BCUT2D eigenvalue weighted by molar-refractivity contribution is 0.0925. The molecule has 1 aromatic heterocycles. The minimum Gasteiger partial charge on any atom is -0.493 e. The maximum atomic E-state index is 12.6. The Bertz CT molecular complexity index is 692. The first kappa shape index (κ1) is 19.9. The highest BCUT2D eigenvalue weighted by atomic mass is 32.1. The summed E-state index contributed by atoms with van der Waals surface area (Å²) in [5, 5.41) is 5.25. The van der Waals surface area contributed by atoms with Gasteiger partial charge >= 0.3 is 0 Å². The third-order valence-corrected chi connectivity index (χ3v) is 5.83. The van der Waals surface area contributed by atoms with Gasteiger partial charge in [0, 0.05) is 17.0 Å². The smallest absolute Gasteiger partial charge is 0.251 e. The summed E-state index contributed by atoms with van der Waals surface area (Å²) in [7, 11) is 0. The number of carbonyl (C=O) groups is 1. The van der Waals surface area contributed by atoms with Crippen molar-refractivity contribution >= 4 is 17.2 Å². The Kier molecular flexibility index (Phi) is 7.30. The fourth-order valence-corrected chi connectivity index (χ4v) is 4.24. The van der Waals surface area contributed by atoms with Crippen LogP contribution in [0.1, 0.15) is 54.4 Å². The Morgan fingerprint density at radius 1 is 1.15 bits per heavy atom. The molecule has 1 unspecified atom stereocenters. The van der Waals surface area contributed by atoms with Crippen LogP contribution < -0.4 is 10.1 Å². The predicted molar refractivity (Wildman–Crippen MR) is 112 cm³/mol. The van der Waals surface area contributed by atoms with Gasteiger partial charge in [0.1, 0.15) is 5.75 Å². The van der Waals surface area contributed by atoms with Gasteiger partial charge in [-0.05, 0) is 67.6 Å². The van der Waals surface area contributed by atoms with Gasteiger partial charge in [-0.25, -0.2) is 0 Å². The number of rotatable bonds is 8. The number of amides is 1. The molecular formula is C22H30N2O2S. The molecule has 1 aromatic carbocycles. The lowest BCUT2D eigenvalue weighted by Gasteiger charge is -2.34. The lowest BCUT2D eigenvalue weighted by atomic mass is 10.1. The molecule has 2 aromatic rings. The molecule has 1 atom stereocenters. The standard InChI is InChI=1S/C22H30N2O2S/c1-17(2)16-26-19-10-8-18(9-11-19)22(25)23-15-20(21-7-6-14-27-21)24-12-4-3-5-13-24/h6-11,14,17,20H,3-5,12-13,15-16H2,1-2H3,(H,23,25). The van der Waals surface area contributed by atoms with E-state index in [0.29, 0.717) is 24.6 Å². The van der Waals surface area contributed by atoms with E-state index in [1.165, 1.54) is 24.1 Å². The van der Waals surface area contributed by atoms with Gasteiger partial charge in [-0.3, -0.25) is 9.69 Å². The summed E-state index contributed by atoms with van der Waals surface area (Å²) in [4.78, 5) is 16.5. The van der Waals surface area contributed by atoms with Gasteiger partial charge in [0.05, 0.1) is 12.6 Å². The Morgan fingerprint density at radius 2 is 1.89 bits per heavy atom. The third-order valence-electron chi connectivity index (χ3n) is 4.86. The van der Waals surface area contributed by atoms with Gasteiger partial charge in [-0.2, -0.15) is 0 Å². The van der Waals surface area contributed by atoms with Crippen LogP contribution >= 0.6 is 11.3 Å². The average Bonchev–Trinajstić information content (AvgIpc) is 3.22. The Hall–Kier alpha value is -1.85. The fourth-order valence-electron chi connectivity index (χ4n) is 3.38. The van der Waals surface area contributed by atoms with Gasteiger partial charge in [-0.1, -0.05) is 26.3 Å². The van der Waals surface area contributed by atoms with Crippen molar-refractivity contribution in [1.29, 1.82) is 0 Å². The lowest BCUT2D eigenvalue weighted by Crippen LogP contribution is -2.40. The summed E-state index contributed by atoms with van der Waals surface area (Å²) in [6.45, 7) is 7.79. The number of benzene rings is 1. The van der Waals surface area contributed by atoms with Crippen molar-refractivity contribution in [3.63, 3.8) is 0 Å². The number of thiophene rings is 1. The second-order valence-electron chi connectivity index (χ2n) is 7.57. The van der Waals surface area contributed by atoms with Crippen molar-refractivity contribution in [1.82, 2.24) is 10.2 Å². The first-order valence-corrected chi connectivity index (χ1v) is 10.8. The first-order chi connectivity index (χ1) is 13.1. The van der Waals surface area contributed by atoms with E-state index in [0.717, 1.165) is 18.8 Å². The summed E-state index contributed by atoms with van der Waals surface area (Å²) in [5.74, 6) is 1.27. The zero-order chi connectivity index (χ0) is 19.1. The van der Waals surface area contributed by atoms with E-state index >= 15 is 0 Å². The molecule has 0 aliphatic carbocycles. The molecule has 0 spiro atoms. The van der Waals surface area contributed by atoms with Gasteiger partial charge in [0.2, 0.25) is 0 Å². The first-order valence-electron chi connectivity index (χ1n) is 9.92. The number of hydrogen-bond acceptors (Lipinski definition) is 4. The van der Waals surface area contributed by atoms with Crippen molar-refractivity contribution in [3.8, 4) is 5.75 Å². The number of carbonyl (C=O) groups excluding carboxylic acids is 1. The molecule has 3 rings (SSSR count). The summed E-state index contributed by atoms with van der Waals surface area (Å²) in [6.07, 6.45) is 3.80. The highest BCUT2D eigenvalue weighted by molar-refractivity contribution is 7.10. The van der Waals surface area contributed by atoms with Gasteiger partial charge in [0.15, 0.2) is 0 Å². The van der Waals surface area contributed by atoms with Crippen molar-refractivity contribution in [3.05, 3.63) is 52.2 Å². The molecule has 1 amide bonds. The second kappa shape index (κ2) is 9.90. The van der Waals surface area contributed by atoms with E-state index < -0.39 is 0 Å². The van der Waals surface area contributed by atoms with Gasteiger partial charge < -0.3 is 10.1 Å². The van der Waals surface area contributed by atoms with Crippen LogP contribution in [0.15, 0.2) is 41.8 Å². The molecule has 1 aliphatic heterocycles. The predicted octanol–water partition coefficient (Wildman–Crippen LogP) is 4.74. The molecule has 5 heteroatoms. The number of nitrogens with zero attached hydrogens (tertiary/aromatic N) is 1. The highest BCUT2D eigenvalue weighted by Gasteiger charge is 2.23. The molecule has 27 heavy (non-hydrogen) atoms. The minimum absolute atomic E-state index is 0.0241. The van der Waals surface area contributed by atoms with E-state index in [1.807, 2.05) is 24.3 Å². The van der Waals surface area contributed by atoms with Crippen molar-refractivity contribution in [2.24, 2.45) is 5.92 Å². The molecule has 0 bridgehead atoms. The summed E-state index contributed by atoms with van der Waals surface area (Å²) >= 11 is 1.77. The normalized spacial score (nSPS) is 16.3. The Balaban J connectivity index is 1.58. The molecule has 1 N–H and O–H groups in total. The van der Waals surface area contributed by atoms with Crippen LogP contribution in [0.2, 0.25) is 0 Å². The van der Waals surface area contributed by atoms with Crippen LogP contribution in [0, 0.1) is 5.92 Å². The number of piperidine rings is 1. The molecular weight excluding hydrogens is 356 g/mol. The minimum atomic E-state index is -0.0241. The molecule has 1 aliphatic rings. The average molecular weight is 387 g/mol. The topological polar surface area (TPSA) is 41.6 Å². The summed E-state index contributed by atoms with van der Waals surface area (Å²) in [6, 6.07) is 12.0. The summed E-state index contributed by atoms with van der Waals surface area (Å²) in [5.41, 5.74) is 0.676. The number of nitrogens with one attached hydrogen (secondary N) is 1. The highest BCUT2D eigenvalue weighted by Crippen LogP contribution is 2.27. The quantitative estimate of drug-likeness (QED) is 0.712. The fraction of sp³-hybridized carbons (Fsp3) is 0.500. The van der Waals surface area contributed by atoms with E-state index in [9.17, 15) is 4.79 Å². The van der Waals surface area contributed by atoms with Crippen LogP contribution in [0.4, 0.5) is 0 Å². The maximum absolute atomic E-state index is 12.6. The molecule has 0 saturated carbocycles. The van der Waals surface area contributed by atoms with E-state index in [-0.39, 0.29) is 11.9 Å². The largest absolute Gasteiger partial charge is 0.493 e. The van der Waals surface area contributed by atoms with E-state index in [2.05, 4.69) is 41.6 Å². The van der Waals surface area contributed by atoms with Crippen LogP contribution in [-0.4, -0.2) is 37.0 Å². The molecule has 146 valence electrons. The maximum Gasteiger partial charge on any atom is 0.251 e. The zero-order valence-electron chi connectivity index (χ0n) is 16.3. The number of hydrogen-bond donors (Lipinski definition) is 1. The van der Waals surface area contributed by atoms with E-state index in [1.54, 1.807) is 11.3 Å². The van der Waals surface area contributed by atoms with Gasteiger partial charge in [-0.15, -0.1) is 11.3 Å². The van der Waals surface area contributed by atoms with Crippen LogP contribution in [0.3, 0.4) is 0 Å². The monoisotopic (exact) mass is 386 g/mol. The molecule has 1 saturated heterocycles. The Labute approximate surface area is 166 Å². The second-order valence-corrected chi connectivity index (χ2v) is 8.55.